The summed E-state index contributed by atoms with van der Waals surface area (Å²) < 4.78 is 7.40. The molecule has 0 unspecified atom stereocenters. The van der Waals surface area contributed by atoms with Gasteiger partial charge in [0.05, 0.1) is 18.5 Å². The van der Waals surface area contributed by atoms with Gasteiger partial charge < -0.3 is 9.64 Å². The largest absolute Gasteiger partial charge is 0.380 e. The van der Waals surface area contributed by atoms with Crippen molar-refractivity contribution in [2.45, 2.75) is 33.2 Å². The predicted octanol–water partition coefficient (Wildman–Crippen LogP) is 2.04. The van der Waals surface area contributed by atoms with Gasteiger partial charge in [0.15, 0.2) is 0 Å². The quantitative estimate of drug-likeness (QED) is 0.761. The number of piperazine rings is 1. The van der Waals surface area contributed by atoms with Crippen molar-refractivity contribution >= 4 is 21.4 Å². The van der Waals surface area contributed by atoms with Crippen LogP contribution >= 0.6 is 11.3 Å². The standard InChI is InChI=1S/C15H25N5OS/c1-4-13-11-19(7-6-18(13)8-9-21-5-2)15-17-20-10-12(3)16-14(20)22-15/h10,13H,4-9,11H2,1-3H3/t13-/m0/s1. The van der Waals surface area contributed by atoms with Crippen molar-refractivity contribution in [3.8, 4) is 0 Å². The molecule has 0 N–H and O–H groups in total. The van der Waals surface area contributed by atoms with E-state index < -0.39 is 0 Å². The van der Waals surface area contributed by atoms with Gasteiger partial charge in [-0.2, -0.15) is 0 Å². The summed E-state index contributed by atoms with van der Waals surface area (Å²) in [5, 5.41) is 5.77. The maximum atomic E-state index is 5.50. The second-order valence-electron chi connectivity index (χ2n) is 5.74. The van der Waals surface area contributed by atoms with Gasteiger partial charge >= 0.3 is 0 Å². The van der Waals surface area contributed by atoms with Gasteiger partial charge in [0.1, 0.15) is 0 Å². The van der Waals surface area contributed by atoms with Gasteiger partial charge in [-0.3, -0.25) is 4.90 Å². The average molecular weight is 323 g/mol. The molecule has 2 aromatic rings. The number of nitrogens with zero attached hydrogens (tertiary/aromatic N) is 5. The zero-order valence-electron chi connectivity index (χ0n) is 13.7. The van der Waals surface area contributed by atoms with Crippen LogP contribution in [0.15, 0.2) is 6.20 Å². The molecular formula is C15H25N5OS. The highest BCUT2D eigenvalue weighted by atomic mass is 32.1. The van der Waals surface area contributed by atoms with Crippen LogP contribution in [-0.4, -0.2) is 64.9 Å². The van der Waals surface area contributed by atoms with E-state index in [0.29, 0.717) is 6.04 Å². The molecule has 0 spiro atoms. The Kier molecular flexibility index (Phi) is 4.95. The lowest BCUT2D eigenvalue weighted by molar-refractivity contribution is 0.0870. The molecule has 0 amide bonds. The van der Waals surface area contributed by atoms with Crippen molar-refractivity contribution in [2.75, 3.05) is 44.3 Å². The first kappa shape index (κ1) is 15.7. The Labute approximate surface area is 135 Å². The van der Waals surface area contributed by atoms with Crippen molar-refractivity contribution in [3.05, 3.63) is 11.9 Å². The minimum absolute atomic E-state index is 0.576. The molecule has 1 fully saturated rings. The fraction of sp³-hybridized carbons (Fsp3) is 0.733. The van der Waals surface area contributed by atoms with Gasteiger partial charge in [-0.25, -0.2) is 9.50 Å². The van der Waals surface area contributed by atoms with Crippen LogP contribution in [0.25, 0.3) is 4.96 Å². The van der Waals surface area contributed by atoms with E-state index in [-0.39, 0.29) is 0 Å². The summed E-state index contributed by atoms with van der Waals surface area (Å²) in [5.41, 5.74) is 1.03. The van der Waals surface area contributed by atoms with E-state index in [0.717, 1.165) is 61.6 Å². The number of fused-ring (bicyclic) bond motifs is 1. The number of ether oxygens (including phenoxy) is 1. The Morgan fingerprint density at radius 2 is 2.23 bits per heavy atom. The first-order valence-electron chi connectivity index (χ1n) is 8.10. The third-order valence-corrected chi connectivity index (χ3v) is 5.21. The van der Waals surface area contributed by atoms with Crippen molar-refractivity contribution in [2.24, 2.45) is 0 Å². The molecule has 2 aromatic heterocycles. The second kappa shape index (κ2) is 6.93. The normalized spacial score (nSPS) is 20.1. The van der Waals surface area contributed by atoms with Gasteiger partial charge in [-0.15, -0.1) is 5.10 Å². The van der Waals surface area contributed by atoms with Crippen molar-refractivity contribution in [3.63, 3.8) is 0 Å². The molecule has 3 heterocycles. The lowest BCUT2D eigenvalue weighted by Crippen LogP contribution is -2.53. The fourth-order valence-corrected chi connectivity index (χ4v) is 3.96. The molecule has 0 bridgehead atoms. The van der Waals surface area contributed by atoms with Gasteiger partial charge in [0.2, 0.25) is 10.1 Å². The molecular weight excluding hydrogens is 298 g/mol. The van der Waals surface area contributed by atoms with E-state index >= 15 is 0 Å². The molecule has 0 saturated carbocycles. The molecule has 1 atom stereocenters. The molecule has 1 saturated heterocycles. The van der Waals surface area contributed by atoms with Crippen LogP contribution in [0.1, 0.15) is 26.0 Å². The van der Waals surface area contributed by atoms with Crippen LogP contribution in [0.2, 0.25) is 0 Å². The monoisotopic (exact) mass is 323 g/mol. The van der Waals surface area contributed by atoms with Crippen molar-refractivity contribution < 1.29 is 4.74 Å². The summed E-state index contributed by atoms with van der Waals surface area (Å²) in [6, 6.07) is 0.576. The molecule has 0 aliphatic carbocycles. The summed E-state index contributed by atoms with van der Waals surface area (Å²) in [7, 11) is 0. The van der Waals surface area contributed by atoms with Gasteiger partial charge in [0, 0.05) is 38.8 Å². The highest BCUT2D eigenvalue weighted by Crippen LogP contribution is 2.26. The lowest BCUT2D eigenvalue weighted by atomic mass is 10.1. The number of hydrogen-bond donors (Lipinski definition) is 0. The van der Waals surface area contributed by atoms with Crippen LogP contribution < -0.4 is 4.90 Å². The fourth-order valence-electron chi connectivity index (χ4n) is 3.00. The number of hydrogen-bond acceptors (Lipinski definition) is 6. The molecule has 6 nitrogen and oxygen atoms in total. The summed E-state index contributed by atoms with van der Waals surface area (Å²) in [6.07, 6.45) is 3.15. The van der Waals surface area contributed by atoms with Crippen LogP contribution in [0.5, 0.6) is 0 Å². The highest BCUT2D eigenvalue weighted by molar-refractivity contribution is 7.20. The molecule has 1 aliphatic rings. The average Bonchev–Trinajstić information content (AvgIpc) is 3.05. The van der Waals surface area contributed by atoms with Gasteiger partial charge in [-0.1, -0.05) is 18.3 Å². The van der Waals surface area contributed by atoms with Gasteiger partial charge in [-0.05, 0) is 20.3 Å². The van der Waals surface area contributed by atoms with E-state index in [4.69, 9.17) is 4.74 Å². The van der Waals surface area contributed by atoms with Crippen molar-refractivity contribution in [1.29, 1.82) is 0 Å². The van der Waals surface area contributed by atoms with E-state index in [9.17, 15) is 0 Å². The Morgan fingerprint density at radius 1 is 1.36 bits per heavy atom. The van der Waals surface area contributed by atoms with Crippen molar-refractivity contribution in [1.82, 2.24) is 19.5 Å². The lowest BCUT2D eigenvalue weighted by Gasteiger charge is -2.40. The number of aryl methyl sites for hydroxylation is 1. The molecule has 0 aromatic carbocycles. The molecule has 22 heavy (non-hydrogen) atoms. The first-order chi connectivity index (χ1) is 10.7. The molecule has 0 radical (unpaired) electrons. The minimum atomic E-state index is 0.576. The number of aromatic nitrogens is 3. The summed E-state index contributed by atoms with van der Waals surface area (Å²) in [4.78, 5) is 10.4. The zero-order valence-corrected chi connectivity index (χ0v) is 14.5. The maximum Gasteiger partial charge on any atom is 0.214 e. The molecule has 3 rings (SSSR count). The van der Waals surface area contributed by atoms with E-state index in [2.05, 4.69) is 33.7 Å². The Balaban J connectivity index is 1.65. The van der Waals surface area contributed by atoms with Crippen LogP contribution in [0, 0.1) is 6.92 Å². The third-order valence-electron chi connectivity index (χ3n) is 4.23. The zero-order chi connectivity index (χ0) is 15.5. The minimum Gasteiger partial charge on any atom is -0.380 e. The summed E-state index contributed by atoms with van der Waals surface area (Å²) >= 11 is 1.68. The van der Waals surface area contributed by atoms with Gasteiger partial charge in [0.25, 0.3) is 0 Å². The van der Waals surface area contributed by atoms with E-state index in [1.54, 1.807) is 11.3 Å². The molecule has 122 valence electrons. The maximum absolute atomic E-state index is 5.50. The Hall–Kier alpha value is -1.18. The smallest absolute Gasteiger partial charge is 0.214 e. The van der Waals surface area contributed by atoms with E-state index in [1.165, 1.54) is 0 Å². The topological polar surface area (TPSA) is 45.9 Å². The number of rotatable bonds is 6. The predicted molar refractivity (Wildman–Crippen MR) is 90.0 cm³/mol. The van der Waals surface area contributed by atoms with E-state index in [1.807, 2.05) is 17.6 Å². The number of anilines is 1. The third kappa shape index (κ3) is 3.26. The van der Waals surface area contributed by atoms with Crippen LogP contribution in [0.4, 0.5) is 5.13 Å². The summed E-state index contributed by atoms with van der Waals surface area (Å²) in [5.74, 6) is 0. The summed E-state index contributed by atoms with van der Waals surface area (Å²) in [6.45, 7) is 12.1. The molecule has 7 heteroatoms. The highest BCUT2D eigenvalue weighted by Gasteiger charge is 2.27. The second-order valence-corrected chi connectivity index (χ2v) is 6.67. The molecule has 1 aliphatic heterocycles. The van der Waals surface area contributed by atoms with Crippen LogP contribution in [0.3, 0.4) is 0 Å². The first-order valence-corrected chi connectivity index (χ1v) is 8.92. The Bertz CT molecular complexity index is 579. The Morgan fingerprint density at radius 3 is 2.95 bits per heavy atom. The van der Waals surface area contributed by atoms with Crippen LogP contribution in [-0.2, 0) is 4.74 Å². The SMILES string of the molecule is CCOCCN1CCN(c2nn3cc(C)nc3s2)C[C@@H]1CC. The number of imidazole rings is 1.